The number of pyridine rings is 1. The molecule has 0 atom stereocenters. The van der Waals surface area contributed by atoms with Crippen molar-refractivity contribution in [3.8, 4) is 17.5 Å². The Balaban J connectivity index is 1.94. The van der Waals surface area contributed by atoms with Crippen LogP contribution in [0, 0.1) is 0 Å². The second kappa shape index (κ2) is 7.54. The Bertz CT molecular complexity index is 701. The van der Waals surface area contributed by atoms with Gasteiger partial charge in [0.25, 0.3) is 0 Å². The van der Waals surface area contributed by atoms with Crippen molar-refractivity contribution in [1.82, 2.24) is 19.7 Å². The van der Waals surface area contributed by atoms with E-state index in [0.717, 1.165) is 0 Å². The van der Waals surface area contributed by atoms with Gasteiger partial charge < -0.3 is 14.2 Å². The molecule has 0 saturated carbocycles. The lowest BCUT2D eigenvalue weighted by Crippen LogP contribution is -2.20. The Labute approximate surface area is 136 Å². The van der Waals surface area contributed by atoms with Crippen molar-refractivity contribution in [1.29, 1.82) is 0 Å². The van der Waals surface area contributed by atoms with Crippen LogP contribution in [0.15, 0.2) is 18.3 Å². The van der Waals surface area contributed by atoms with Crippen LogP contribution in [-0.2, 0) is 26.1 Å². The zero-order valence-corrected chi connectivity index (χ0v) is 13.1. The van der Waals surface area contributed by atoms with Gasteiger partial charge in [0.05, 0.1) is 12.1 Å². The molecule has 0 radical (unpaired) electrons. The van der Waals surface area contributed by atoms with Crippen molar-refractivity contribution in [2.75, 3.05) is 20.3 Å². The zero-order chi connectivity index (χ0) is 16.8. The summed E-state index contributed by atoms with van der Waals surface area (Å²) in [6.07, 6.45) is 1.48. The van der Waals surface area contributed by atoms with Gasteiger partial charge in [-0.15, -0.1) is 5.10 Å². The largest absolute Gasteiger partial charge is 0.466 e. The van der Waals surface area contributed by atoms with E-state index in [-0.39, 0.29) is 6.01 Å². The summed E-state index contributed by atoms with van der Waals surface area (Å²) in [5, 5.41) is 4.50. The lowest BCUT2D eigenvalue weighted by Gasteiger charge is -2.02. The molecule has 0 fully saturated rings. The van der Waals surface area contributed by atoms with Gasteiger partial charge in [0.2, 0.25) is 0 Å². The molecule has 0 aromatic carbocycles. The molecule has 23 heavy (non-hydrogen) atoms. The number of esters is 2. The fourth-order valence-corrected chi connectivity index (χ4v) is 1.63. The fourth-order valence-electron chi connectivity index (χ4n) is 1.52. The van der Waals surface area contributed by atoms with Gasteiger partial charge in [0.15, 0.2) is 19.0 Å². The van der Waals surface area contributed by atoms with Gasteiger partial charge in [-0.25, -0.2) is 14.3 Å². The maximum Gasteiger partial charge on any atom is 0.344 e. The molecule has 0 saturated heterocycles. The van der Waals surface area contributed by atoms with E-state index in [2.05, 4.69) is 24.5 Å². The van der Waals surface area contributed by atoms with Crippen LogP contribution in [-0.4, -0.2) is 52.0 Å². The van der Waals surface area contributed by atoms with Crippen LogP contribution < -0.4 is 4.74 Å². The van der Waals surface area contributed by atoms with Crippen LogP contribution in [0.5, 0.6) is 6.01 Å². The van der Waals surface area contributed by atoms with Crippen LogP contribution in [0.3, 0.4) is 0 Å². The van der Waals surface area contributed by atoms with Gasteiger partial charge in [-0.1, -0.05) is 11.6 Å². The van der Waals surface area contributed by atoms with Crippen LogP contribution in [0.2, 0.25) is 5.02 Å². The van der Waals surface area contributed by atoms with E-state index < -0.39 is 25.2 Å². The van der Waals surface area contributed by atoms with Crippen LogP contribution in [0.25, 0.3) is 11.5 Å². The fraction of sp³-hybridized carbons (Fsp3) is 0.308. The molecule has 0 N–H and O–H groups in total. The highest BCUT2D eigenvalue weighted by atomic mass is 35.5. The Kier molecular flexibility index (Phi) is 5.47. The first-order chi connectivity index (χ1) is 11.0. The number of aromatic nitrogens is 4. The van der Waals surface area contributed by atoms with Gasteiger partial charge in [-0.2, -0.15) is 4.98 Å². The summed E-state index contributed by atoms with van der Waals surface area (Å²) < 4.78 is 15.5. The highest BCUT2D eigenvalue weighted by Crippen LogP contribution is 2.18. The summed E-state index contributed by atoms with van der Waals surface area (Å²) in [7, 11) is 2.85. The van der Waals surface area contributed by atoms with E-state index in [1.54, 1.807) is 19.2 Å². The predicted molar refractivity (Wildman–Crippen MR) is 77.7 cm³/mol. The van der Waals surface area contributed by atoms with E-state index in [4.69, 9.17) is 16.3 Å². The number of methoxy groups -OCH3 is 1. The highest BCUT2D eigenvalue weighted by Gasteiger charge is 2.14. The summed E-state index contributed by atoms with van der Waals surface area (Å²) >= 11 is 5.78. The molecule has 2 heterocycles. The van der Waals surface area contributed by atoms with Crippen LogP contribution in [0.4, 0.5) is 0 Å². The van der Waals surface area contributed by atoms with E-state index in [9.17, 15) is 9.59 Å². The molecule has 9 nitrogen and oxygen atoms in total. The monoisotopic (exact) mass is 340 g/mol. The number of rotatable bonds is 6. The van der Waals surface area contributed by atoms with E-state index in [0.29, 0.717) is 16.5 Å². The maximum absolute atomic E-state index is 11.4. The lowest BCUT2D eigenvalue weighted by molar-refractivity contribution is -0.158. The number of halogens is 1. The topological polar surface area (TPSA) is 105 Å². The quantitative estimate of drug-likeness (QED) is 0.705. The molecular formula is C13H13ClN4O5. The minimum absolute atomic E-state index is 0.0192. The lowest BCUT2D eigenvalue weighted by atomic mass is 10.3. The van der Waals surface area contributed by atoms with Gasteiger partial charge in [-0.05, 0) is 12.1 Å². The number of hydrogen-bond donors (Lipinski definition) is 0. The Morgan fingerprint density at radius 1 is 1.26 bits per heavy atom. The van der Waals surface area contributed by atoms with Crippen molar-refractivity contribution in [3.05, 3.63) is 23.4 Å². The van der Waals surface area contributed by atoms with Crippen molar-refractivity contribution in [2.24, 2.45) is 7.05 Å². The number of hydrogen-bond acceptors (Lipinski definition) is 8. The van der Waals surface area contributed by atoms with Crippen molar-refractivity contribution >= 4 is 23.5 Å². The third kappa shape index (κ3) is 4.65. The number of carbonyl (C=O) groups excluding carboxylic acids is 2. The molecule has 10 heteroatoms. The number of ether oxygens (including phenoxy) is 3. The van der Waals surface area contributed by atoms with Crippen LogP contribution in [0.1, 0.15) is 0 Å². The van der Waals surface area contributed by atoms with Gasteiger partial charge in [0.1, 0.15) is 5.69 Å². The van der Waals surface area contributed by atoms with Crippen molar-refractivity contribution in [2.45, 2.75) is 0 Å². The third-order valence-corrected chi connectivity index (χ3v) is 2.82. The molecule has 0 bridgehead atoms. The highest BCUT2D eigenvalue weighted by molar-refractivity contribution is 6.30. The molecule has 122 valence electrons. The summed E-state index contributed by atoms with van der Waals surface area (Å²) in [5.74, 6) is -0.959. The molecule has 0 spiro atoms. The summed E-state index contributed by atoms with van der Waals surface area (Å²) in [5.41, 5.74) is 0.549. The molecule has 0 amide bonds. The van der Waals surface area contributed by atoms with E-state index in [1.807, 2.05) is 0 Å². The average Bonchev–Trinajstić information content (AvgIpc) is 2.92. The molecule has 2 rings (SSSR count). The smallest absolute Gasteiger partial charge is 0.344 e. The van der Waals surface area contributed by atoms with Crippen LogP contribution >= 0.6 is 11.6 Å². The zero-order valence-electron chi connectivity index (χ0n) is 12.4. The molecule has 0 aliphatic heterocycles. The SMILES string of the molecule is COC(=O)COC(=O)COc1nc(-c2ccc(Cl)cn2)n(C)n1. The minimum Gasteiger partial charge on any atom is -0.466 e. The third-order valence-electron chi connectivity index (χ3n) is 2.60. The number of aryl methyl sites for hydroxylation is 1. The van der Waals surface area contributed by atoms with Crippen molar-refractivity contribution < 1.29 is 23.8 Å². The molecule has 0 aliphatic carbocycles. The second-order valence-corrected chi connectivity index (χ2v) is 4.67. The molecule has 2 aromatic heterocycles. The predicted octanol–water partition coefficient (Wildman–Crippen LogP) is 0.625. The Hall–Kier alpha value is -2.68. The maximum atomic E-state index is 11.4. The average molecular weight is 341 g/mol. The number of nitrogens with zero attached hydrogens (tertiary/aromatic N) is 4. The van der Waals surface area contributed by atoms with Gasteiger partial charge >= 0.3 is 17.9 Å². The first kappa shape index (κ1) is 16.7. The minimum atomic E-state index is -0.742. The normalized spacial score (nSPS) is 10.2. The van der Waals surface area contributed by atoms with E-state index in [1.165, 1.54) is 18.0 Å². The number of carbonyl (C=O) groups is 2. The van der Waals surface area contributed by atoms with Crippen molar-refractivity contribution in [3.63, 3.8) is 0 Å². The first-order valence-corrected chi connectivity index (χ1v) is 6.75. The first-order valence-electron chi connectivity index (χ1n) is 6.38. The van der Waals surface area contributed by atoms with Gasteiger partial charge in [-0.3, -0.25) is 4.98 Å². The molecule has 0 unspecified atom stereocenters. The molecular weight excluding hydrogens is 328 g/mol. The summed E-state index contributed by atoms with van der Waals surface area (Å²) in [6, 6.07) is 3.33. The summed E-state index contributed by atoms with van der Waals surface area (Å²) in [4.78, 5) is 30.5. The second-order valence-electron chi connectivity index (χ2n) is 4.23. The Morgan fingerprint density at radius 2 is 2.04 bits per heavy atom. The summed E-state index contributed by atoms with van der Waals surface area (Å²) in [6.45, 7) is -0.914. The standard InChI is InChI=1S/C13H13ClN4O5/c1-18-12(9-4-3-8(14)5-15-9)16-13(17-18)23-7-11(20)22-6-10(19)21-2/h3-5H,6-7H2,1-2H3. The van der Waals surface area contributed by atoms with E-state index >= 15 is 0 Å². The van der Waals surface area contributed by atoms with Gasteiger partial charge in [0, 0.05) is 13.2 Å². The Morgan fingerprint density at radius 3 is 2.70 bits per heavy atom. The molecule has 0 aliphatic rings. The molecule has 2 aromatic rings.